The van der Waals surface area contributed by atoms with Gasteiger partial charge in [0, 0.05) is 11.8 Å². The summed E-state index contributed by atoms with van der Waals surface area (Å²) in [5, 5.41) is 0. The smallest absolute Gasteiger partial charge is 0.335 e. The van der Waals surface area contributed by atoms with Crippen molar-refractivity contribution in [3.63, 3.8) is 0 Å². The first-order chi connectivity index (χ1) is 11.5. The summed E-state index contributed by atoms with van der Waals surface area (Å²) < 4.78 is 16.6. The molecule has 0 unspecified atom stereocenters. The van der Waals surface area contributed by atoms with Crippen LogP contribution in [-0.4, -0.2) is 37.4 Å². The largest absolute Gasteiger partial charge is 0.466 e. The van der Waals surface area contributed by atoms with Gasteiger partial charge >= 0.3 is 11.9 Å². The number of allylic oxidation sites excluding steroid dienone is 1. The normalized spacial score (nSPS) is 46.1. The van der Waals surface area contributed by atoms with Gasteiger partial charge in [-0.25, -0.2) is 9.59 Å². The molecular weight excluding hydrogens is 308 g/mol. The lowest BCUT2D eigenvalue weighted by atomic mass is 9.69. The molecule has 1 aliphatic heterocycles. The van der Waals surface area contributed by atoms with E-state index >= 15 is 0 Å². The van der Waals surface area contributed by atoms with E-state index in [1.165, 1.54) is 25.4 Å². The van der Waals surface area contributed by atoms with Gasteiger partial charge in [-0.2, -0.15) is 0 Å². The third kappa shape index (κ3) is 1.18. The van der Waals surface area contributed by atoms with Crippen LogP contribution in [0.25, 0.3) is 0 Å². The molecule has 5 aliphatic rings. The summed E-state index contributed by atoms with van der Waals surface area (Å²) in [6.07, 6.45) is 3.48. The first-order valence-electron chi connectivity index (χ1n) is 8.73. The van der Waals surface area contributed by atoms with Gasteiger partial charge in [-0.3, -0.25) is 0 Å². The number of methoxy groups -OCH3 is 2. The second-order valence-electron chi connectivity index (χ2n) is 8.03. The maximum absolute atomic E-state index is 12.6. The van der Waals surface area contributed by atoms with E-state index in [1.54, 1.807) is 0 Å². The number of rotatable bonds is 2. The van der Waals surface area contributed by atoms with Crippen molar-refractivity contribution in [1.82, 2.24) is 0 Å². The summed E-state index contributed by atoms with van der Waals surface area (Å²) in [5.41, 5.74) is 2.83. The molecule has 0 amide bonds. The van der Waals surface area contributed by atoms with Gasteiger partial charge in [0.05, 0.1) is 25.4 Å². The molecule has 5 rings (SSSR count). The fourth-order valence-corrected chi connectivity index (χ4v) is 6.79. The van der Waals surface area contributed by atoms with Crippen molar-refractivity contribution in [3.8, 4) is 0 Å². The van der Waals surface area contributed by atoms with Crippen LogP contribution in [0.15, 0.2) is 22.3 Å². The Morgan fingerprint density at radius 1 is 0.958 bits per heavy atom. The van der Waals surface area contributed by atoms with Crippen LogP contribution >= 0.6 is 0 Å². The Hall–Kier alpha value is -1.62. The van der Waals surface area contributed by atoms with Gasteiger partial charge in [-0.05, 0) is 50.5 Å². The van der Waals surface area contributed by atoms with Crippen LogP contribution < -0.4 is 0 Å². The second-order valence-corrected chi connectivity index (χ2v) is 8.03. The number of epoxide rings is 1. The fraction of sp³-hybridized carbons (Fsp3) is 0.684. The molecule has 4 bridgehead atoms. The van der Waals surface area contributed by atoms with Crippen LogP contribution in [0.1, 0.15) is 33.1 Å². The summed E-state index contributed by atoms with van der Waals surface area (Å²) >= 11 is 0. The number of hydrogen-bond donors (Lipinski definition) is 0. The van der Waals surface area contributed by atoms with E-state index in [-0.39, 0.29) is 23.0 Å². The molecule has 5 nitrogen and oxygen atoms in total. The summed E-state index contributed by atoms with van der Waals surface area (Å²) in [7, 11) is 2.75. The molecule has 6 atom stereocenters. The third-order valence-electron chi connectivity index (χ3n) is 7.29. The second kappa shape index (κ2) is 4.13. The molecule has 5 heteroatoms. The highest BCUT2D eigenvalue weighted by atomic mass is 16.6. The molecule has 24 heavy (non-hydrogen) atoms. The molecule has 0 aromatic heterocycles. The number of hydrogen-bond acceptors (Lipinski definition) is 5. The van der Waals surface area contributed by atoms with E-state index in [9.17, 15) is 9.59 Å². The van der Waals surface area contributed by atoms with Gasteiger partial charge in [0.1, 0.15) is 11.2 Å². The highest BCUT2D eigenvalue weighted by molar-refractivity contribution is 6.05. The number of fused-ring (bicyclic) bond motifs is 4. The number of esters is 2. The molecule has 0 spiro atoms. The van der Waals surface area contributed by atoms with E-state index in [1.807, 2.05) is 0 Å². The van der Waals surface area contributed by atoms with Crippen LogP contribution in [0.2, 0.25) is 0 Å². The third-order valence-corrected chi connectivity index (χ3v) is 7.29. The molecule has 128 valence electrons. The zero-order chi connectivity index (χ0) is 17.0. The zero-order valence-corrected chi connectivity index (χ0v) is 14.5. The Morgan fingerprint density at radius 3 is 1.79 bits per heavy atom. The van der Waals surface area contributed by atoms with Gasteiger partial charge in [0.2, 0.25) is 0 Å². The minimum absolute atomic E-state index is 0.135. The summed E-state index contributed by atoms with van der Waals surface area (Å²) in [6, 6.07) is 0. The van der Waals surface area contributed by atoms with Gasteiger partial charge in [0.25, 0.3) is 0 Å². The topological polar surface area (TPSA) is 65.1 Å². The maximum atomic E-state index is 12.6. The predicted octanol–water partition coefficient (Wildman–Crippen LogP) is 2.16. The molecule has 0 aromatic rings. The van der Waals surface area contributed by atoms with Crippen LogP contribution in [0.5, 0.6) is 0 Å². The quantitative estimate of drug-likeness (QED) is 0.441. The van der Waals surface area contributed by atoms with E-state index in [0.717, 1.165) is 19.3 Å². The molecular formula is C19H22O5. The van der Waals surface area contributed by atoms with Crippen LogP contribution in [0, 0.1) is 23.7 Å². The lowest BCUT2D eigenvalue weighted by molar-refractivity contribution is -0.140. The SMILES string of the molecule is COC(=O)C1=C(C(=O)OC)[C@H]2C(=C(C)C)[C@H]1[C@@]13O[C@]21[C@H]1CC[C@H]3C1. The van der Waals surface area contributed by atoms with Crippen molar-refractivity contribution >= 4 is 11.9 Å². The lowest BCUT2D eigenvalue weighted by Crippen LogP contribution is -2.42. The van der Waals surface area contributed by atoms with Gasteiger partial charge < -0.3 is 14.2 Å². The summed E-state index contributed by atoms with van der Waals surface area (Å²) in [5.74, 6) is -0.115. The van der Waals surface area contributed by atoms with Crippen LogP contribution in [0.3, 0.4) is 0 Å². The Bertz CT molecular complexity index is 704. The minimum Gasteiger partial charge on any atom is -0.466 e. The Balaban J connectivity index is 1.79. The summed E-state index contributed by atoms with van der Waals surface area (Å²) in [6.45, 7) is 4.14. The molecule has 0 radical (unpaired) electrons. The first-order valence-corrected chi connectivity index (χ1v) is 8.73. The van der Waals surface area contributed by atoms with Crippen molar-refractivity contribution in [2.24, 2.45) is 23.7 Å². The lowest BCUT2D eigenvalue weighted by Gasteiger charge is -2.29. The minimum atomic E-state index is -0.414. The molecule has 4 fully saturated rings. The molecule has 4 aliphatic carbocycles. The molecule has 1 heterocycles. The molecule has 1 saturated heterocycles. The van der Waals surface area contributed by atoms with Gasteiger partial charge in [-0.1, -0.05) is 5.57 Å². The Morgan fingerprint density at radius 2 is 1.42 bits per heavy atom. The van der Waals surface area contributed by atoms with E-state index in [0.29, 0.717) is 23.0 Å². The zero-order valence-electron chi connectivity index (χ0n) is 14.5. The Labute approximate surface area is 141 Å². The average molecular weight is 330 g/mol. The standard InChI is InChI=1S/C19H22O5/c1-8(2)11-14-12(16(20)22-3)13(17(21)23-4)15(11)19-10-6-5-9(7-10)18(14,19)24-19/h9-10,14-15H,5-7H2,1-4H3/t9-,10-,14+,15+,18+,19+/m0/s1. The van der Waals surface area contributed by atoms with Crippen molar-refractivity contribution in [2.75, 3.05) is 14.2 Å². The number of carbonyl (C=O) groups is 2. The fourth-order valence-electron chi connectivity index (χ4n) is 6.79. The average Bonchev–Trinajstić information content (AvgIpc) is 2.92. The molecule has 0 aromatic carbocycles. The highest BCUT2D eigenvalue weighted by Crippen LogP contribution is 2.86. The Kier molecular flexibility index (Phi) is 2.53. The van der Waals surface area contributed by atoms with Gasteiger partial charge in [-0.15, -0.1) is 0 Å². The van der Waals surface area contributed by atoms with Crippen molar-refractivity contribution in [2.45, 2.75) is 44.3 Å². The number of ether oxygens (including phenoxy) is 3. The molecule has 0 N–H and O–H groups in total. The van der Waals surface area contributed by atoms with Crippen LogP contribution in [0.4, 0.5) is 0 Å². The van der Waals surface area contributed by atoms with Crippen molar-refractivity contribution < 1.29 is 23.8 Å². The predicted molar refractivity (Wildman–Crippen MR) is 83.8 cm³/mol. The van der Waals surface area contributed by atoms with Crippen LogP contribution in [-0.2, 0) is 23.8 Å². The first kappa shape index (κ1) is 14.7. The van der Waals surface area contributed by atoms with E-state index < -0.39 is 11.9 Å². The van der Waals surface area contributed by atoms with E-state index in [4.69, 9.17) is 14.2 Å². The van der Waals surface area contributed by atoms with Gasteiger partial charge in [0.15, 0.2) is 0 Å². The summed E-state index contributed by atoms with van der Waals surface area (Å²) in [4.78, 5) is 25.2. The maximum Gasteiger partial charge on any atom is 0.335 e. The number of carbonyl (C=O) groups excluding carboxylic acids is 2. The van der Waals surface area contributed by atoms with Crippen molar-refractivity contribution in [3.05, 3.63) is 22.3 Å². The monoisotopic (exact) mass is 330 g/mol. The van der Waals surface area contributed by atoms with E-state index in [2.05, 4.69) is 13.8 Å². The molecule has 3 saturated carbocycles. The van der Waals surface area contributed by atoms with Crippen molar-refractivity contribution in [1.29, 1.82) is 0 Å². The highest BCUT2D eigenvalue weighted by Gasteiger charge is 2.94.